The minimum absolute atomic E-state index is 0.321. The Labute approximate surface area is 207 Å². The predicted octanol–water partition coefficient (Wildman–Crippen LogP) is -0.452. The first kappa shape index (κ1) is 30.8. The first-order chi connectivity index (χ1) is 16.8. The number of hydrogen-bond acceptors (Lipinski definition) is 11. The smallest absolute Gasteiger partial charge is 0.187 e. The third kappa shape index (κ3) is 9.11. The summed E-state index contributed by atoms with van der Waals surface area (Å²) in [6.07, 6.45) is -2.63. The summed E-state index contributed by atoms with van der Waals surface area (Å²) >= 11 is 0. The van der Waals surface area contributed by atoms with Gasteiger partial charge in [0, 0.05) is 6.61 Å². The highest BCUT2D eigenvalue weighted by molar-refractivity contribution is 4.94. The van der Waals surface area contributed by atoms with Crippen molar-refractivity contribution in [2.45, 2.75) is 133 Å². The first-order valence-corrected chi connectivity index (χ1v) is 13.1. The van der Waals surface area contributed by atoms with Crippen LogP contribution in [-0.4, -0.2) is 117 Å². The van der Waals surface area contributed by atoms with Gasteiger partial charge in [0.2, 0.25) is 0 Å². The molecule has 2 fully saturated rings. The van der Waals surface area contributed by atoms with E-state index in [1.54, 1.807) is 0 Å². The Hall–Kier alpha value is -0.440. The zero-order valence-corrected chi connectivity index (χ0v) is 20.7. The van der Waals surface area contributed by atoms with E-state index in [-0.39, 0.29) is 0 Å². The van der Waals surface area contributed by atoms with Gasteiger partial charge in [-0.25, -0.2) is 0 Å². The quantitative estimate of drug-likeness (QED) is 0.134. The summed E-state index contributed by atoms with van der Waals surface area (Å²) in [4.78, 5) is 0. The summed E-state index contributed by atoms with van der Waals surface area (Å²) in [6.45, 7) is 1.31. The molecule has 2 saturated heterocycles. The lowest BCUT2D eigenvalue weighted by Crippen LogP contribution is -2.64. The van der Waals surface area contributed by atoms with E-state index in [0.29, 0.717) is 6.61 Å². The van der Waals surface area contributed by atoms with E-state index in [0.717, 1.165) is 19.3 Å². The number of ether oxygens (including phenoxy) is 4. The molecule has 0 radical (unpaired) electrons. The lowest BCUT2D eigenvalue weighted by Gasteiger charge is -2.45. The van der Waals surface area contributed by atoms with Crippen molar-refractivity contribution in [3.05, 3.63) is 0 Å². The Balaban J connectivity index is 1.74. The van der Waals surface area contributed by atoms with E-state index in [2.05, 4.69) is 6.92 Å². The lowest BCUT2D eigenvalue weighted by atomic mass is 9.97. The molecule has 0 amide bonds. The van der Waals surface area contributed by atoms with E-state index >= 15 is 0 Å². The average molecular weight is 511 g/mol. The molecule has 10 atom stereocenters. The molecule has 0 aromatic carbocycles. The molecule has 2 heterocycles. The third-order valence-electron chi connectivity index (χ3n) is 6.74. The maximum atomic E-state index is 10.6. The molecule has 2 aliphatic rings. The lowest BCUT2D eigenvalue weighted by molar-refractivity contribution is -0.359. The molecule has 0 spiro atoms. The Morgan fingerprint density at radius 3 is 1.66 bits per heavy atom. The van der Waals surface area contributed by atoms with Gasteiger partial charge in [-0.2, -0.15) is 0 Å². The second kappa shape index (κ2) is 16.4. The topological polar surface area (TPSA) is 179 Å². The molecule has 0 saturated carbocycles. The van der Waals surface area contributed by atoms with E-state index in [1.807, 2.05) is 0 Å². The van der Waals surface area contributed by atoms with Gasteiger partial charge < -0.3 is 54.7 Å². The van der Waals surface area contributed by atoms with Crippen LogP contribution in [0.25, 0.3) is 0 Å². The average Bonchev–Trinajstić information content (AvgIpc) is 2.86. The molecule has 2 rings (SSSR count). The van der Waals surface area contributed by atoms with Crippen LogP contribution in [-0.2, 0) is 18.9 Å². The van der Waals surface area contributed by atoms with Gasteiger partial charge in [-0.3, -0.25) is 0 Å². The van der Waals surface area contributed by atoms with Gasteiger partial charge in [0.05, 0.1) is 13.2 Å². The van der Waals surface area contributed by atoms with E-state index in [4.69, 9.17) is 18.9 Å². The number of aliphatic hydroxyl groups is 7. The van der Waals surface area contributed by atoms with Crippen LogP contribution in [0, 0.1) is 0 Å². The van der Waals surface area contributed by atoms with Crippen LogP contribution in [0.4, 0.5) is 0 Å². The molecular formula is C24H46O11. The Morgan fingerprint density at radius 1 is 0.571 bits per heavy atom. The fourth-order valence-electron chi connectivity index (χ4n) is 4.48. The first-order valence-electron chi connectivity index (χ1n) is 13.1. The zero-order valence-electron chi connectivity index (χ0n) is 20.7. The monoisotopic (exact) mass is 510 g/mol. The molecule has 0 aromatic rings. The highest BCUT2D eigenvalue weighted by Crippen LogP contribution is 2.29. The summed E-state index contributed by atoms with van der Waals surface area (Å²) in [6, 6.07) is 0. The van der Waals surface area contributed by atoms with Crippen molar-refractivity contribution < 1.29 is 54.7 Å². The van der Waals surface area contributed by atoms with Crippen LogP contribution >= 0.6 is 0 Å². The van der Waals surface area contributed by atoms with Crippen LogP contribution in [0.3, 0.4) is 0 Å². The SMILES string of the molecule is CCCCCCCCCCCCO[C@H]1OC(CO)[C@H](O[C@@H]2OC(CO)[C@H](O)[C@@H](O)C2O)[C@@H](O)C1O. The van der Waals surface area contributed by atoms with E-state index in [9.17, 15) is 35.7 Å². The van der Waals surface area contributed by atoms with E-state index < -0.39 is 74.6 Å². The van der Waals surface area contributed by atoms with Crippen LogP contribution < -0.4 is 0 Å². The Morgan fingerprint density at radius 2 is 1.09 bits per heavy atom. The molecule has 0 aliphatic carbocycles. The minimum atomic E-state index is -1.69. The summed E-state index contributed by atoms with van der Waals surface area (Å²) < 4.78 is 22.0. The summed E-state index contributed by atoms with van der Waals surface area (Å²) in [5.74, 6) is 0. The van der Waals surface area contributed by atoms with Gasteiger partial charge in [0.25, 0.3) is 0 Å². The van der Waals surface area contributed by atoms with Crippen LogP contribution in [0.5, 0.6) is 0 Å². The van der Waals surface area contributed by atoms with Gasteiger partial charge in [0.15, 0.2) is 12.6 Å². The third-order valence-corrected chi connectivity index (χ3v) is 6.74. The van der Waals surface area contributed by atoms with Crippen molar-refractivity contribution in [1.82, 2.24) is 0 Å². The van der Waals surface area contributed by atoms with Gasteiger partial charge in [-0.1, -0.05) is 64.7 Å². The molecule has 4 unspecified atom stereocenters. The summed E-state index contributed by atoms with van der Waals surface area (Å²) in [7, 11) is 0. The van der Waals surface area contributed by atoms with Crippen molar-refractivity contribution in [3.8, 4) is 0 Å². The Bertz CT molecular complexity index is 550. The standard InChI is InChI=1S/C24H46O11/c1-2-3-4-5-6-7-8-9-10-11-12-32-23-21(31)19(29)22(16(14-26)34-23)35-24-20(30)18(28)17(27)15(13-25)33-24/h15-31H,2-14H2,1H3/t15?,16?,17-,18+,19-,20?,21?,22-,23-,24-/m0/s1. The van der Waals surface area contributed by atoms with Crippen LogP contribution in [0.2, 0.25) is 0 Å². The summed E-state index contributed by atoms with van der Waals surface area (Å²) in [5.41, 5.74) is 0. The van der Waals surface area contributed by atoms with Crippen molar-refractivity contribution in [2.75, 3.05) is 19.8 Å². The van der Waals surface area contributed by atoms with Gasteiger partial charge >= 0.3 is 0 Å². The van der Waals surface area contributed by atoms with Gasteiger partial charge in [-0.15, -0.1) is 0 Å². The number of rotatable bonds is 16. The predicted molar refractivity (Wildman–Crippen MR) is 124 cm³/mol. The molecule has 35 heavy (non-hydrogen) atoms. The molecule has 11 heteroatoms. The van der Waals surface area contributed by atoms with Crippen LogP contribution in [0.1, 0.15) is 71.1 Å². The molecule has 11 nitrogen and oxygen atoms in total. The largest absolute Gasteiger partial charge is 0.394 e. The highest BCUT2D eigenvalue weighted by Gasteiger charge is 2.50. The van der Waals surface area contributed by atoms with Gasteiger partial charge in [-0.05, 0) is 6.42 Å². The van der Waals surface area contributed by atoms with Crippen molar-refractivity contribution in [3.63, 3.8) is 0 Å². The highest BCUT2D eigenvalue weighted by atomic mass is 16.7. The molecule has 2 aliphatic heterocycles. The second-order valence-electron chi connectivity index (χ2n) is 9.56. The number of unbranched alkanes of at least 4 members (excludes halogenated alkanes) is 9. The van der Waals surface area contributed by atoms with E-state index in [1.165, 1.54) is 44.9 Å². The molecule has 0 bridgehead atoms. The van der Waals surface area contributed by atoms with Crippen molar-refractivity contribution in [2.24, 2.45) is 0 Å². The molecular weight excluding hydrogens is 464 g/mol. The maximum absolute atomic E-state index is 10.6. The van der Waals surface area contributed by atoms with Crippen molar-refractivity contribution in [1.29, 1.82) is 0 Å². The minimum Gasteiger partial charge on any atom is -0.394 e. The molecule has 208 valence electrons. The Kier molecular flexibility index (Phi) is 14.4. The summed E-state index contributed by atoms with van der Waals surface area (Å²) in [5, 5.41) is 70.1. The van der Waals surface area contributed by atoms with Gasteiger partial charge in [0.1, 0.15) is 48.8 Å². The zero-order chi connectivity index (χ0) is 25.8. The number of hydrogen-bond donors (Lipinski definition) is 7. The van der Waals surface area contributed by atoms with Crippen molar-refractivity contribution >= 4 is 0 Å². The van der Waals surface area contributed by atoms with Crippen LogP contribution in [0.15, 0.2) is 0 Å². The fraction of sp³-hybridized carbons (Fsp3) is 1.00. The maximum Gasteiger partial charge on any atom is 0.187 e. The fourth-order valence-corrected chi connectivity index (χ4v) is 4.48. The second-order valence-corrected chi connectivity index (χ2v) is 9.56. The number of aliphatic hydroxyl groups excluding tert-OH is 7. The molecule has 0 aromatic heterocycles. The molecule has 7 N–H and O–H groups in total. The normalized spacial score (nSPS) is 38.1.